The Bertz CT molecular complexity index is 491. The van der Waals surface area contributed by atoms with E-state index >= 15 is 0 Å². The Hall–Kier alpha value is -0.670. The normalized spacial score (nSPS) is 12.1. The molecule has 0 amide bonds. The Balaban J connectivity index is 3.46. The number of nitrogens with two attached hydrogens (primary N) is 1. The van der Waals surface area contributed by atoms with E-state index in [1.54, 1.807) is 0 Å². The van der Waals surface area contributed by atoms with Crippen LogP contribution in [0.4, 0.5) is 13.2 Å². The Morgan fingerprint density at radius 3 is 2.40 bits per heavy atom. The average Bonchev–Trinajstić information content (AvgIpc) is 2.06. The summed E-state index contributed by atoms with van der Waals surface area (Å²) in [6, 6.07) is 0.652. The predicted octanol–water partition coefficient (Wildman–Crippen LogP) is 1.57. The maximum Gasteiger partial charge on any atom is 0.281 e. The number of rotatable bonds is 2. The van der Waals surface area contributed by atoms with Crippen LogP contribution in [0.1, 0.15) is 12.1 Å². The molecule has 0 saturated heterocycles. The van der Waals surface area contributed by atoms with E-state index in [-0.39, 0.29) is 4.47 Å². The summed E-state index contributed by atoms with van der Waals surface area (Å²) in [5, 5.41) is 4.64. The second-order valence-electron chi connectivity index (χ2n) is 2.49. The van der Waals surface area contributed by atoms with Crippen LogP contribution in [0.3, 0.4) is 0 Å². The number of primary sulfonamides is 1. The van der Waals surface area contributed by atoms with Gasteiger partial charge in [0.2, 0.25) is 16.0 Å². The molecule has 0 bridgehead atoms. The van der Waals surface area contributed by atoms with Gasteiger partial charge >= 0.3 is 0 Å². The molecule has 0 aliphatic carbocycles. The molecule has 1 aromatic heterocycles. The first kappa shape index (κ1) is 12.4. The van der Waals surface area contributed by atoms with Gasteiger partial charge in [-0.1, -0.05) is 0 Å². The summed E-state index contributed by atoms with van der Waals surface area (Å²) < 4.78 is 58.6. The Kier molecular flexibility index (Phi) is 3.36. The van der Waals surface area contributed by atoms with Crippen molar-refractivity contribution in [3.63, 3.8) is 0 Å². The first-order chi connectivity index (χ1) is 6.73. The second-order valence-corrected chi connectivity index (χ2v) is 4.87. The van der Waals surface area contributed by atoms with E-state index in [4.69, 9.17) is 0 Å². The lowest BCUT2D eigenvalue weighted by molar-refractivity contribution is 0.143. The summed E-state index contributed by atoms with van der Waals surface area (Å²) in [7, 11) is -4.31. The molecule has 0 saturated carbocycles. The zero-order valence-electron chi connectivity index (χ0n) is 6.92. The summed E-state index contributed by atoms with van der Waals surface area (Å²) in [6.07, 6.45) is -3.01. The summed E-state index contributed by atoms with van der Waals surface area (Å²) in [4.78, 5) is 1.88. The average molecular weight is 305 g/mol. The molecular weight excluding hydrogens is 301 g/mol. The van der Waals surface area contributed by atoms with Gasteiger partial charge in [-0.05, 0) is 22.0 Å². The maximum atomic E-state index is 13.0. The highest BCUT2D eigenvalue weighted by molar-refractivity contribution is 9.10. The number of nitrogens with zero attached hydrogens (tertiary/aromatic N) is 1. The summed E-state index contributed by atoms with van der Waals surface area (Å²) in [5.74, 6) is -1.55. The van der Waals surface area contributed by atoms with Crippen LogP contribution in [0.5, 0.6) is 0 Å². The van der Waals surface area contributed by atoms with Crippen molar-refractivity contribution in [3.8, 4) is 0 Å². The number of pyridine rings is 1. The number of hydrogen-bond donors (Lipinski definition) is 1. The van der Waals surface area contributed by atoms with Crippen molar-refractivity contribution in [2.45, 2.75) is 11.3 Å². The number of hydrogen-bond acceptors (Lipinski definition) is 3. The standard InChI is InChI=1S/C6H4BrF3N2O2S/c7-2-1-3(15(11,13)14)6(10)12-4(2)5(8)9/h1,5H,(H2,11,13,14). The fourth-order valence-corrected chi connectivity index (χ4v) is 2.02. The highest BCUT2D eigenvalue weighted by Crippen LogP contribution is 2.28. The van der Waals surface area contributed by atoms with Gasteiger partial charge in [0.25, 0.3) is 6.43 Å². The van der Waals surface area contributed by atoms with Gasteiger partial charge in [0.15, 0.2) is 0 Å². The Morgan fingerprint density at radius 1 is 1.47 bits per heavy atom. The van der Waals surface area contributed by atoms with Gasteiger partial charge in [-0.3, -0.25) is 0 Å². The second kappa shape index (κ2) is 4.06. The van der Waals surface area contributed by atoms with Crippen molar-refractivity contribution in [1.82, 2.24) is 4.98 Å². The van der Waals surface area contributed by atoms with Crippen LogP contribution in [0.25, 0.3) is 0 Å². The topological polar surface area (TPSA) is 73.1 Å². The quantitative estimate of drug-likeness (QED) is 0.843. The number of alkyl halides is 2. The number of sulfonamides is 1. The minimum Gasteiger partial charge on any atom is -0.224 e. The van der Waals surface area contributed by atoms with E-state index in [0.29, 0.717) is 6.07 Å². The van der Waals surface area contributed by atoms with Crippen LogP contribution in [0.15, 0.2) is 15.4 Å². The highest BCUT2D eigenvalue weighted by Gasteiger charge is 2.22. The predicted molar refractivity (Wildman–Crippen MR) is 48.2 cm³/mol. The summed E-state index contributed by atoms with van der Waals surface area (Å²) in [6.45, 7) is 0. The largest absolute Gasteiger partial charge is 0.281 e. The summed E-state index contributed by atoms with van der Waals surface area (Å²) in [5.41, 5.74) is -0.875. The van der Waals surface area contributed by atoms with Crippen molar-refractivity contribution in [1.29, 1.82) is 0 Å². The molecule has 0 radical (unpaired) electrons. The molecule has 15 heavy (non-hydrogen) atoms. The number of aromatic nitrogens is 1. The van der Waals surface area contributed by atoms with Crippen LogP contribution in [-0.2, 0) is 10.0 Å². The molecule has 0 atom stereocenters. The van der Waals surface area contributed by atoms with Crippen molar-refractivity contribution in [3.05, 3.63) is 22.2 Å². The Morgan fingerprint density at radius 2 is 2.00 bits per heavy atom. The fraction of sp³-hybridized carbons (Fsp3) is 0.167. The van der Waals surface area contributed by atoms with E-state index in [9.17, 15) is 21.6 Å². The van der Waals surface area contributed by atoms with Crippen LogP contribution in [0.2, 0.25) is 0 Å². The van der Waals surface area contributed by atoms with Crippen molar-refractivity contribution in [2.24, 2.45) is 5.14 Å². The molecule has 0 aromatic carbocycles. The van der Waals surface area contributed by atoms with Crippen LogP contribution >= 0.6 is 15.9 Å². The molecule has 0 unspecified atom stereocenters. The van der Waals surface area contributed by atoms with Gasteiger partial charge < -0.3 is 0 Å². The van der Waals surface area contributed by atoms with Crippen molar-refractivity contribution < 1.29 is 21.6 Å². The van der Waals surface area contributed by atoms with E-state index in [2.05, 4.69) is 26.1 Å². The lowest BCUT2D eigenvalue weighted by atomic mass is 10.3. The van der Waals surface area contributed by atoms with E-state index in [0.717, 1.165) is 0 Å². The summed E-state index contributed by atoms with van der Waals surface area (Å²) >= 11 is 2.65. The van der Waals surface area contributed by atoms with E-state index < -0.39 is 33.0 Å². The van der Waals surface area contributed by atoms with E-state index in [1.807, 2.05) is 0 Å². The van der Waals surface area contributed by atoms with Crippen molar-refractivity contribution in [2.75, 3.05) is 0 Å². The maximum absolute atomic E-state index is 13.0. The van der Waals surface area contributed by atoms with Gasteiger partial charge in [-0.2, -0.15) is 4.39 Å². The molecule has 2 N–H and O–H groups in total. The fourth-order valence-electron chi connectivity index (χ4n) is 0.815. The van der Waals surface area contributed by atoms with Crippen molar-refractivity contribution >= 4 is 26.0 Å². The molecule has 9 heteroatoms. The molecule has 0 aliphatic rings. The molecule has 1 rings (SSSR count). The minimum absolute atomic E-state index is 0.317. The highest BCUT2D eigenvalue weighted by atomic mass is 79.9. The van der Waals surface area contributed by atoms with Crippen LogP contribution in [0, 0.1) is 5.95 Å². The zero-order chi connectivity index (χ0) is 11.8. The third kappa shape index (κ3) is 2.67. The van der Waals surface area contributed by atoms with Gasteiger partial charge in [0.1, 0.15) is 10.6 Å². The first-order valence-corrected chi connectivity index (χ1v) is 5.74. The van der Waals surface area contributed by atoms with Crippen LogP contribution in [-0.4, -0.2) is 13.4 Å². The monoisotopic (exact) mass is 304 g/mol. The Labute approximate surface area is 91.5 Å². The van der Waals surface area contributed by atoms with Gasteiger partial charge in [-0.15, -0.1) is 0 Å². The molecule has 0 aliphatic heterocycles. The SMILES string of the molecule is NS(=O)(=O)c1cc(Br)c(C(F)F)nc1F. The molecule has 4 nitrogen and oxygen atoms in total. The molecule has 0 spiro atoms. The molecule has 84 valence electrons. The smallest absolute Gasteiger partial charge is 0.224 e. The third-order valence-corrected chi connectivity index (χ3v) is 2.97. The lowest BCUT2D eigenvalue weighted by Gasteiger charge is -2.05. The lowest BCUT2D eigenvalue weighted by Crippen LogP contribution is -2.15. The van der Waals surface area contributed by atoms with Gasteiger partial charge in [0, 0.05) is 4.47 Å². The zero-order valence-corrected chi connectivity index (χ0v) is 9.32. The third-order valence-electron chi connectivity index (χ3n) is 1.44. The molecule has 1 aromatic rings. The molecule has 1 heterocycles. The molecule has 0 fully saturated rings. The van der Waals surface area contributed by atoms with Gasteiger partial charge in [-0.25, -0.2) is 27.3 Å². The van der Waals surface area contributed by atoms with Crippen LogP contribution < -0.4 is 5.14 Å². The van der Waals surface area contributed by atoms with Gasteiger partial charge in [0.05, 0.1) is 0 Å². The number of halogens is 4. The van der Waals surface area contributed by atoms with E-state index in [1.165, 1.54) is 0 Å². The molecular formula is C6H4BrF3N2O2S. The first-order valence-electron chi connectivity index (χ1n) is 3.40. The minimum atomic E-state index is -4.31.